The third-order valence-electron chi connectivity index (χ3n) is 3.94. The predicted molar refractivity (Wildman–Crippen MR) is 91.2 cm³/mol. The van der Waals surface area contributed by atoms with Gasteiger partial charge in [-0.05, 0) is 29.8 Å². The number of halogens is 4. The predicted octanol–water partition coefficient (Wildman–Crippen LogP) is 3.07. The van der Waals surface area contributed by atoms with Crippen molar-refractivity contribution < 1.29 is 30.9 Å². The van der Waals surface area contributed by atoms with Gasteiger partial charge in [0.2, 0.25) is 10.0 Å². The molecular weight excluding hydrogens is 406 g/mol. The van der Waals surface area contributed by atoms with E-state index in [1.165, 1.54) is 7.05 Å². The molecule has 152 valence electrons. The van der Waals surface area contributed by atoms with Crippen LogP contribution in [0.1, 0.15) is 17.2 Å². The minimum absolute atomic E-state index is 0.0174. The molecule has 0 aliphatic heterocycles. The normalized spacial score (nSPS) is 13.5. The van der Waals surface area contributed by atoms with Gasteiger partial charge in [-0.2, -0.15) is 17.5 Å². The van der Waals surface area contributed by atoms with Crippen molar-refractivity contribution in [2.45, 2.75) is 17.1 Å². The molecule has 0 unspecified atom stereocenters. The monoisotopic (exact) mass is 421 g/mol. The maximum Gasteiger partial charge on any atom is 0.419 e. The van der Waals surface area contributed by atoms with E-state index in [1.54, 1.807) is 0 Å². The van der Waals surface area contributed by atoms with Gasteiger partial charge in [-0.3, -0.25) is 10.1 Å². The van der Waals surface area contributed by atoms with Gasteiger partial charge in [-0.1, -0.05) is 6.07 Å². The molecule has 0 radical (unpaired) electrons. The quantitative estimate of drug-likeness (QED) is 0.438. The van der Waals surface area contributed by atoms with Crippen LogP contribution in [0.4, 0.5) is 23.2 Å². The summed E-state index contributed by atoms with van der Waals surface area (Å²) in [5, 5.41) is 10.6. The Hall–Kier alpha value is -2.57. The lowest BCUT2D eigenvalue weighted by Gasteiger charge is -2.22. The second-order valence-corrected chi connectivity index (χ2v) is 7.92. The van der Waals surface area contributed by atoms with E-state index in [0.717, 1.165) is 34.6 Å². The number of nitrogens with two attached hydrogens (primary N) is 1. The molecule has 0 heterocycles. The number of nitrogens with zero attached hydrogens (tertiary/aromatic N) is 2. The third kappa shape index (κ3) is 4.64. The molecule has 28 heavy (non-hydrogen) atoms. The first-order chi connectivity index (χ1) is 12.8. The third-order valence-corrected chi connectivity index (χ3v) is 5.77. The molecule has 0 amide bonds. The minimum atomic E-state index is -4.86. The largest absolute Gasteiger partial charge is 0.419 e. The van der Waals surface area contributed by atoms with Crippen LogP contribution in [0.2, 0.25) is 0 Å². The molecule has 2 N–H and O–H groups in total. The van der Waals surface area contributed by atoms with Crippen LogP contribution in [0.15, 0.2) is 47.4 Å². The Balaban J connectivity index is 2.20. The van der Waals surface area contributed by atoms with Crippen molar-refractivity contribution >= 4 is 15.7 Å². The molecule has 0 aromatic heterocycles. The van der Waals surface area contributed by atoms with Gasteiger partial charge < -0.3 is 5.73 Å². The summed E-state index contributed by atoms with van der Waals surface area (Å²) in [6.07, 6.45) is -4.86. The van der Waals surface area contributed by atoms with Crippen LogP contribution in [-0.4, -0.2) is 31.2 Å². The number of likely N-dealkylation sites (N-methyl/N-ethyl adjacent to an activating group) is 1. The van der Waals surface area contributed by atoms with Crippen molar-refractivity contribution in [1.82, 2.24) is 4.31 Å². The maximum absolute atomic E-state index is 13.7. The molecule has 12 heteroatoms. The van der Waals surface area contributed by atoms with Gasteiger partial charge in [0.25, 0.3) is 5.69 Å². The molecule has 2 aromatic rings. The summed E-state index contributed by atoms with van der Waals surface area (Å²) in [4.78, 5) is 9.72. The van der Waals surface area contributed by atoms with Crippen molar-refractivity contribution in [1.29, 1.82) is 0 Å². The molecule has 2 rings (SSSR count). The van der Waals surface area contributed by atoms with Crippen molar-refractivity contribution in [3.63, 3.8) is 0 Å². The molecule has 0 saturated carbocycles. The number of alkyl halides is 3. The van der Waals surface area contributed by atoms with Crippen LogP contribution in [0.3, 0.4) is 0 Å². The SMILES string of the molecule is CN(C[C@H](N)c1ccc(C(F)(F)F)c(F)c1)S(=O)(=O)c1ccc([N+](=O)[O-])cc1. The number of non-ortho nitro benzene ring substituents is 1. The van der Waals surface area contributed by atoms with Gasteiger partial charge in [-0.25, -0.2) is 12.8 Å². The zero-order valence-corrected chi connectivity index (χ0v) is 15.2. The lowest BCUT2D eigenvalue weighted by Crippen LogP contribution is -2.34. The number of nitro benzene ring substituents is 1. The Morgan fingerprint density at radius 3 is 2.21 bits per heavy atom. The fourth-order valence-corrected chi connectivity index (χ4v) is 3.59. The average molecular weight is 421 g/mol. The zero-order chi connectivity index (χ0) is 21.3. The smallest absolute Gasteiger partial charge is 0.323 e. The van der Waals surface area contributed by atoms with E-state index in [2.05, 4.69) is 0 Å². The highest BCUT2D eigenvalue weighted by molar-refractivity contribution is 7.89. The van der Waals surface area contributed by atoms with Gasteiger partial charge in [0.15, 0.2) is 0 Å². The fourth-order valence-electron chi connectivity index (χ4n) is 2.39. The van der Waals surface area contributed by atoms with Crippen LogP contribution in [0, 0.1) is 15.9 Å². The Morgan fingerprint density at radius 2 is 1.75 bits per heavy atom. The van der Waals surface area contributed by atoms with Crippen molar-refractivity contribution in [2.24, 2.45) is 5.73 Å². The molecule has 0 aliphatic rings. The average Bonchev–Trinajstić information content (AvgIpc) is 2.60. The van der Waals surface area contributed by atoms with Gasteiger partial charge in [0.05, 0.1) is 15.4 Å². The molecule has 0 fully saturated rings. The van der Waals surface area contributed by atoms with E-state index in [-0.39, 0.29) is 22.7 Å². The van der Waals surface area contributed by atoms with Gasteiger partial charge in [0, 0.05) is 31.8 Å². The molecule has 7 nitrogen and oxygen atoms in total. The van der Waals surface area contributed by atoms with E-state index in [4.69, 9.17) is 5.73 Å². The Bertz CT molecular complexity index is 978. The van der Waals surface area contributed by atoms with E-state index in [1.807, 2.05) is 0 Å². The first-order valence-corrected chi connectivity index (χ1v) is 9.11. The highest BCUT2D eigenvalue weighted by atomic mass is 32.2. The van der Waals surface area contributed by atoms with Crippen molar-refractivity contribution in [2.75, 3.05) is 13.6 Å². The van der Waals surface area contributed by atoms with E-state index in [0.29, 0.717) is 12.1 Å². The second kappa shape index (κ2) is 7.81. The van der Waals surface area contributed by atoms with Gasteiger partial charge in [0.1, 0.15) is 5.82 Å². The number of hydrogen-bond donors (Lipinski definition) is 1. The summed E-state index contributed by atoms with van der Waals surface area (Å²) < 4.78 is 77.4. The molecule has 2 aromatic carbocycles. The van der Waals surface area contributed by atoms with Crippen LogP contribution in [0.5, 0.6) is 0 Å². The fraction of sp³-hybridized carbons (Fsp3) is 0.250. The first kappa shape index (κ1) is 21.7. The van der Waals surface area contributed by atoms with E-state index >= 15 is 0 Å². The second-order valence-electron chi connectivity index (χ2n) is 5.88. The van der Waals surface area contributed by atoms with Gasteiger partial charge >= 0.3 is 6.18 Å². The van der Waals surface area contributed by atoms with E-state index in [9.17, 15) is 36.1 Å². The molecule has 0 spiro atoms. The molecule has 0 saturated heterocycles. The molecule has 1 atom stereocenters. The summed E-state index contributed by atoms with van der Waals surface area (Å²) in [6, 6.07) is 5.16. The minimum Gasteiger partial charge on any atom is -0.323 e. The van der Waals surface area contributed by atoms with Crippen LogP contribution >= 0.6 is 0 Å². The molecular formula is C16H15F4N3O4S. The summed E-state index contributed by atoms with van der Waals surface area (Å²) in [7, 11) is -2.89. The number of sulfonamides is 1. The lowest BCUT2D eigenvalue weighted by atomic mass is 10.0. The van der Waals surface area contributed by atoms with Crippen LogP contribution < -0.4 is 5.73 Å². The Labute approximate surface area is 157 Å². The molecule has 0 bridgehead atoms. The summed E-state index contributed by atoms with van der Waals surface area (Å²) in [6.45, 7) is -0.357. The topological polar surface area (TPSA) is 107 Å². The molecule has 0 aliphatic carbocycles. The highest BCUT2D eigenvalue weighted by Crippen LogP contribution is 2.32. The summed E-state index contributed by atoms with van der Waals surface area (Å²) in [5.74, 6) is -1.51. The number of hydrogen-bond acceptors (Lipinski definition) is 5. The Kier molecular flexibility index (Phi) is 6.06. The number of benzene rings is 2. The number of rotatable bonds is 6. The van der Waals surface area contributed by atoms with Crippen LogP contribution in [0.25, 0.3) is 0 Å². The Morgan fingerprint density at radius 1 is 1.18 bits per heavy atom. The van der Waals surface area contributed by atoms with Crippen molar-refractivity contribution in [3.8, 4) is 0 Å². The van der Waals surface area contributed by atoms with Crippen molar-refractivity contribution in [3.05, 3.63) is 69.5 Å². The maximum atomic E-state index is 13.7. The first-order valence-electron chi connectivity index (χ1n) is 7.67. The van der Waals surface area contributed by atoms with E-state index < -0.39 is 38.5 Å². The summed E-state index contributed by atoms with van der Waals surface area (Å²) in [5.41, 5.74) is 4.06. The van der Waals surface area contributed by atoms with Crippen LogP contribution in [-0.2, 0) is 16.2 Å². The highest BCUT2D eigenvalue weighted by Gasteiger charge is 2.34. The zero-order valence-electron chi connectivity index (χ0n) is 14.4. The number of nitro groups is 1. The standard InChI is InChI=1S/C16H15F4N3O4S/c1-22(28(26,27)12-5-3-11(4-6-12)23(24)25)9-15(21)10-2-7-13(14(17)8-10)16(18,19)20/h2-8,15H,9,21H2,1H3/t15-/m0/s1. The lowest BCUT2D eigenvalue weighted by molar-refractivity contribution is -0.384. The summed E-state index contributed by atoms with van der Waals surface area (Å²) >= 11 is 0. The van der Waals surface area contributed by atoms with Gasteiger partial charge in [-0.15, -0.1) is 0 Å².